The zero-order valence-electron chi connectivity index (χ0n) is 15.7. The molecule has 0 aliphatic carbocycles. The number of amides is 1. The molecular formula is C19H20N4O4S. The number of hydrogen-bond donors (Lipinski definition) is 2. The van der Waals surface area contributed by atoms with Gasteiger partial charge in [0.05, 0.1) is 12.2 Å². The molecule has 1 aromatic carbocycles. The van der Waals surface area contributed by atoms with Gasteiger partial charge < -0.3 is 14.5 Å². The third kappa shape index (κ3) is 4.26. The van der Waals surface area contributed by atoms with Crippen molar-refractivity contribution in [2.45, 2.75) is 13.8 Å². The van der Waals surface area contributed by atoms with Crippen molar-refractivity contribution < 1.29 is 19.1 Å². The molecule has 0 bridgehead atoms. The lowest BCUT2D eigenvalue weighted by Crippen LogP contribution is -2.14. The largest absolute Gasteiger partial charge is 0.460 e. The molecule has 2 N–H and O–H groups in total. The molecule has 1 amide bonds. The number of esters is 1. The number of hydrogen-bond acceptors (Lipinski definition) is 7. The number of carbonyl (C=O) groups excluding carboxylic acids is 2. The van der Waals surface area contributed by atoms with E-state index in [-0.39, 0.29) is 12.3 Å². The minimum Gasteiger partial charge on any atom is -0.460 e. The van der Waals surface area contributed by atoms with E-state index in [0.717, 1.165) is 5.56 Å². The van der Waals surface area contributed by atoms with Crippen molar-refractivity contribution >= 4 is 28.3 Å². The Morgan fingerprint density at radius 2 is 1.89 bits per heavy atom. The van der Waals surface area contributed by atoms with Crippen LogP contribution in [0.3, 0.4) is 0 Å². The van der Waals surface area contributed by atoms with Gasteiger partial charge in [-0.3, -0.25) is 10.1 Å². The van der Waals surface area contributed by atoms with Crippen LogP contribution in [0.5, 0.6) is 0 Å². The summed E-state index contributed by atoms with van der Waals surface area (Å²) in [5.74, 6) is -0.892. The number of nitrogens with one attached hydrogen (secondary N) is 2. The summed E-state index contributed by atoms with van der Waals surface area (Å²) < 4.78 is 10.0. The molecule has 0 spiro atoms. The Kier molecular flexibility index (Phi) is 6.17. The Labute approximate surface area is 165 Å². The maximum absolute atomic E-state index is 12.7. The van der Waals surface area contributed by atoms with Crippen LogP contribution in [-0.2, 0) is 9.47 Å². The van der Waals surface area contributed by atoms with Crippen LogP contribution < -0.4 is 5.32 Å². The van der Waals surface area contributed by atoms with Gasteiger partial charge in [-0.1, -0.05) is 41.7 Å². The number of ether oxygens (including phenoxy) is 2. The van der Waals surface area contributed by atoms with Crippen molar-refractivity contribution in [3.63, 3.8) is 0 Å². The van der Waals surface area contributed by atoms with Crippen LogP contribution in [0.25, 0.3) is 10.6 Å². The lowest BCUT2D eigenvalue weighted by molar-refractivity contribution is 0.0387. The molecule has 146 valence electrons. The lowest BCUT2D eigenvalue weighted by Gasteiger charge is -2.05. The second kappa shape index (κ2) is 8.77. The second-order valence-corrected chi connectivity index (χ2v) is 6.96. The minimum absolute atomic E-state index is 0.147. The number of aromatic amines is 1. The highest BCUT2D eigenvalue weighted by Gasteiger charge is 2.23. The molecule has 0 aliphatic heterocycles. The predicted octanol–water partition coefficient (Wildman–Crippen LogP) is 3.21. The fraction of sp³-hybridized carbons (Fsp3) is 0.263. The van der Waals surface area contributed by atoms with Gasteiger partial charge in [0.15, 0.2) is 0 Å². The normalized spacial score (nSPS) is 10.7. The average Bonchev–Trinajstić information content (AvgIpc) is 3.27. The molecule has 0 fully saturated rings. The SMILES string of the molecule is COCCOC(=O)c1c(C)[nH]c(C(=O)Nc2nnc(-c3ccccc3)s2)c1C. The first-order valence-corrected chi connectivity index (χ1v) is 9.38. The monoisotopic (exact) mass is 400 g/mol. The highest BCUT2D eigenvalue weighted by Crippen LogP contribution is 2.27. The van der Waals surface area contributed by atoms with Gasteiger partial charge in [0.1, 0.15) is 17.3 Å². The first-order valence-electron chi connectivity index (χ1n) is 8.56. The van der Waals surface area contributed by atoms with Crippen LogP contribution in [0, 0.1) is 13.8 Å². The summed E-state index contributed by atoms with van der Waals surface area (Å²) in [4.78, 5) is 27.9. The summed E-state index contributed by atoms with van der Waals surface area (Å²) in [7, 11) is 1.53. The van der Waals surface area contributed by atoms with E-state index in [0.29, 0.717) is 33.6 Å². The summed E-state index contributed by atoms with van der Waals surface area (Å²) in [5.41, 5.74) is 2.64. The number of methoxy groups -OCH3 is 1. The van der Waals surface area contributed by atoms with Crippen LogP contribution in [0.2, 0.25) is 0 Å². The van der Waals surface area contributed by atoms with E-state index in [2.05, 4.69) is 20.5 Å². The fourth-order valence-electron chi connectivity index (χ4n) is 2.70. The Morgan fingerprint density at radius 1 is 1.14 bits per heavy atom. The zero-order valence-corrected chi connectivity index (χ0v) is 16.6. The number of aryl methyl sites for hydroxylation is 1. The maximum Gasteiger partial charge on any atom is 0.340 e. The molecule has 9 heteroatoms. The molecule has 8 nitrogen and oxygen atoms in total. The highest BCUT2D eigenvalue weighted by molar-refractivity contribution is 7.18. The van der Waals surface area contributed by atoms with Gasteiger partial charge in [-0.2, -0.15) is 0 Å². The molecule has 0 saturated carbocycles. The fourth-order valence-corrected chi connectivity index (χ4v) is 3.45. The molecule has 2 heterocycles. The van der Waals surface area contributed by atoms with E-state index >= 15 is 0 Å². The van der Waals surface area contributed by atoms with Gasteiger partial charge in [-0.25, -0.2) is 4.79 Å². The lowest BCUT2D eigenvalue weighted by atomic mass is 10.1. The molecule has 2 aromatic heterocycles. The van der Waals surface area contributed by atoms with Gasteiger partial charge >= 0.3 is 5.97 Å². The number of rotatable bonds is 7. The maximum atomic E-state index is 12.7. The second-order valence-electron chi connectivity index (χ2n) is 5.99. The van der Waals surface area contributed by atoms with Crippen LogP contribution >= 0.6 is 11.3 Å². The van der Waals surface area contributed by atoms with Crippen molar-refractivity contribution in [2.24, 2.45) is 0 Å². The molecule has 0 unspecified atom stereocenters. The van der Waals surface area contributed by atoms with Crippen LogP contribution in [0.15, 0.2) is 30.3 Å². The van der Waals surface area contributed by atoms with Crippen molar-refractivity contribution in [2.75, 3.05) is 25.6 Å². The molecule has 0 atom stereocenters. The Hall–Kier alpha value is -3.04. The molecule has 3 aromatic rings. The summed E-state index contributed by atoms with van der Waals surface area (Å²) in [5, 5.41) is 11.9. The predicted molar refractivity (Wildman–Crippen MR) is 106 cm³/mol. The quantitative estimate of drug-likeness (QED) is 0.466. The number of benzene rings is 1. The van der Waals surface area contributed by atoms with Gasteiger partial charge in [0, 0.05) is 18.4 Å². The number of anilines is 1. The van der Waals surface area contributed by atoms with Crippen molar-refractivity contribution in [1.29, 1.82) is 0 Å². The third-order valence-electron chi connectivity index (χ3n) is 4.06. The summed E-state index contributed by atoms with van der Waals surface area (Å²) in [6.45, 7) is 3.87. The van der Waals surface area contributed by atoms with E-state index in [4.69, 9.17) is 9.47 Å². The molecule has 3 rings (SSSR count). The number of aromatic nitrogens is 3. The minimum atomic E-state index is -0.496. The molecule has 0 saturated heterocycles. The van der Waals surface area contributed by atoms with Gasteiger partial charge in [-0.15, -0.1) is 10.2 Å². The average molecular weight is 400 g/mol. The summed E-state index contributed by atoms with van der Waals surface area (Å²) >= 11 is 1.27. The summed E-state index contributed by atoms with van der Waals surface area (Å²) in [6.07, 6.45) is 0. The van der Waals surface area contributed by atoms with E-state index in [1.54, 1.807) is 13.8 Å². The van der Waals surface area contributed by atoms with Crippen LogP contribution in [0.4, 0.5) is 5.13 Å². The van der Waals surface area contributed by atoms with Crippen molar-refractivity contribution in [3.05, 3.63) is 52.8 Å². The highest BCUT2D eigenvalue weighted by atomic mass is 32.1. The van der Waals surface area contributed by atoms with Crippen molar-refractivity contribution in [3.8, 4) is 10.6 Å². The van der Waals surface area contributed by atoms with Gasteiger partial charge in [-0.05, 0) is 19.4 Å². The van der Waals surface area contributed by atoms with Gasteiger partial charge in [0.2, 0.25) is 5.13 Å². The molecule has 28 heavy (non-hydrogen) atoms. The van der Waals surface area contributed by atoms with E-state index in [1.165, 1.54) is 18.4 Å². The topological polar surface area (TPSA) is 106 Å². The Balaban J connectivity index is 1.74. The first-order chi connectivity index (χ1) is 13.5. The molecule has 0 radical (unpaired) electrons. The third-order valence-corrected chi connectivity index (χ3v) is 4.94. The van der Waals surface area contributed by atoms with Gasteiger partial charge in [0.25, 0.3) is 5.91 Å². The van der Waals surface area contributed by atoms with E-state index < -0.39 is 11.9 Å². The Bertz CT molecular complexity index is 981. The van der Waals surface area contributed by atoms with E-state index in [9.17, 15) is 9.59 Å². The smallest absolute Gasteiger partial charge is 0.340 e. The molecular weight excluding hydrogens is 380 g/mol. The van der Waals surface area contributed by atoms with Crippen LogP contribution in [0.1, 0.15) is 32.1 Å². The number of nitrogens with zero attached hydrogens (tertiary/aromatic N) is 2. The molecule has 0 aliphatic rings. The number of carbonyl (C=O) groups is 2. The zero-order chi connectivity index (χ0) is 20.1. The summed E-state index contributed by atoms with van der Waals surface area (Å²) in [6, 6.07) is 9.58. The first kappa shape index (κ1) is 19.7. The van der Waals surface area contributed by atoms with Crippen molar-refractivity contribution in [1.82, 2.24) is 15.2 Å². The standard InChI is InChI=1S/C19H20N4O4S/c1-11-14(18(25)27-10-9-26-3)12(2)20-15(11)16(24)21-19-23-22-17(28-19)13-7-5-4-6-8-13/h4-8,20H,9-10H2,1-3H3,(H,21,23,24). The van der Waals surface area contributed by atoms with E-state index in [1.807, 2.05) is 30.3 Å². The number of H-pyrrole nitrogens is 1. The van der Waals surface area contributed by atoms with Crippen LogP contribution in [-0.4, -0.2) is 47.4 Å². The Morgan fingerprint density at radius 3 is 2.61 bits per heavy atom.